The van der Waals surface area contributed by atoms with Crippen LogP contribution in [-0.2, 0) is 33.3 Å². The van der Waals surface area contributed by atoms with Crippen molar-refractivity contribution >= 4 is 49.5 Å². The van der Waals surface area contributed by atoms with Crippen LogP contribution in [-0.4, -0.2) is 141 Å². The zero-order valence-electron chi connectivity index (χ0n) is 25.5. The molecule has 9 N–H and O–H groups in total. The summed E-state index contributed by atoms with van der Waals surface area (Å²) in [5.41, 5.74) is 0.0201. The number of carboxylic acids is 1. The van der Waals surface area contributed by atoms with Crippen LogP contribution < -0.4 is 24.8 Å². The molecule has 0 saturated carbocycles. The van der Waals surface area contributed by atoms with Gasteiger partial charge in [-0.1, -0.05) is 16.2 Å². The molecular weight excluding hydrogens is 716 g/mol. The Bertz CT molecular complexity index is 750. The van der Waals surface area contributed by atoms with E-state index in [-0.39, 0.29) is 56.7 Å². The van der Waals surface area contributed by atoms with E-state index in [2.05, 4.69) is 34.0 Å². The van der Waals surface area contributed by atoms with Crippen LogP contribution in [0.3, 0.4) is 0 Å². The highest BCUT2D eigenvalue weighted by atomic mass is 127. The number of carbonyl (C=O) groups is 3. The van der Waals surface area contributed by atoms with Crippen molar-refractivity contribution in [2.75, 3.05) is 72.5 Å². The molecule has 0 aliphatic carbocycles. The number of unbranched alkanes of at least 4 members (excludes halogenated alkanes) is 1. The van der Waals surface area contributed by atoms with E-state index in [0.29, 0.717) is 58.9 Å². The molecule has 0 rings (SSSR count). The molecule has 0 bridgehead atoms. The summed E-state index contributed by atoms with van der Waals surface area (Å²) in [4.78, 5) is 34.3. The number of aliphatic hydroxyl groups is 3. The van der Waals surface area contributed by atoms with E-state index in [9.17, 15) is 34.8 Å². The molecule has 16 nitrogen and oxygen atoms in total. The number of ether oxygens (including phenoxy) is 4. The zero-order valence-corrected chi connectivity index (χ0v) is 28.8. The largest absolute Gasteiger partial charge is 0.480 e. The number of carbonyl (C=O) groups excluding carboxylic acids is 2. The predicted molar refractivity (Wildman–Crippen MR) is 174 cm³/mol. The van der Waals surface area contributed by atoms with Crippen LogP contribution in [0.1, 0.15) is 45.4 Å². The summed E-state index contributed by atoms with van der Waals surface area (Å²) in [6.07, 6.45) is 0.333. The number of aliphatic hydroxyl groups excluding tert-OH is 3. The Morgan fingerprint density at radius 2 is 1.36 bits per heavy atom. The number of halogens is 1. The summed E-state index contributed by atoms with van der Waals surface area (Å²) in [7, 11) is 2.17. The number of hydrogen-bond donors (Lipinski definition) is 9. The topological polar surface area (TPSA) is 229 Å². The van der Waals surface area contributed by atoms with Gasteiger partial charge in [0.05, 0.1) is 52.3 Å². The van der Waals surface area contributed by atoms with Crippen molar-refractivity contribution in [2.24, 2.45) is 0 Å². The zero-order chi connectivity index (χ0) is 33.0. The average Bonchev–Trinajstić information content (AvgIpc) is 2.99. The maximum absolute atomic E-state index is 11.8. The fourth-order valence-corrected chi connectivity index (χ4v) is 4.72. The molecule has 0 aliphatic heterocycles. The lowest BCUT2D eigenvalue weighted by Gasteiger charge is -2.20. The standard InChI is InChI=1S/C26H53IN5O11P/c1-2-21(33)31-19(25(37)38)6-7-22(34)29-9-11-40-13-16-43-18-24(36)30-10-12-41-14-15-42-17-23(35)28-8-4-3-5-20(32-27)26(39)44/h19-22,24,29-34,36H,2-18,44H2,1H3,(H,28,35)(H,37,38). The number of hydrogen-bond acceptors (Lipinski definition) is 14. The van der Waals surface area contributed by atoms with Crippen molar-refractivity contribution in [2.45, 2.75) is 76.2 Å². The van der Waals surface area contributed by atoms with Crippen LogP contribution in [0.5, 0.6) is 0 Å². The minimum absolute atomic E-state index is 0.0201. The second-order valence-corrected chi connectivity index (χ2v) is 11.0. The first-order valence-electron chi connectivity index (χ1n) is 14.8. The Kier molecular flexibility index (Phi) is 29.3. The molecule has 44 heavy (non-hydrogen) atoms. The van der Waals surface area contributed by atoms with E-state index >= 15 is 0 Å². The highest BCUT2D eigenvalue weighted by Crippen LogP contribution is 2.07. The van der Waals surface area contributed by atoms with Crippen molar-refractivity contribution in [3.05, 3.63) is 0 Å². The van der Waals surface area contributed by atoms with Crippen molar-refractivity contribution in [3.8, 4) is 0 Å². The van der Waals surface area contributed by atoms with E-state index in [4.69, 9.17) is 18.9 Å². The summed E-state index contributed by atoms with van der Waals surface area (Å²) in [6.45, 7) is 4.80. The number of aliphatic carboxylic acids is 1. The summed E-state index contributed by atoms with van der Waals surface area (Å²) >= 11 is 1.96. The maximum atomic E-state index is 11.8. The van der Waals surface area contributed by atoms with E-state index in [1.54, 1.807) is 6.92 Å². The molecule has 0 fully saturated rings. The quantitative estimate of drug-likeness (QED) is 0.0124. The molecule has 0 aromatic carbocycles. The van der Waals surface area contributed by atoms with Gasteiger partial charge in [-0.2, -0.15) is 0 Å². The fraction of sp³-hybridized carbons (Fsp3) is 0.885. The summed E-state index contributed by atoms with van der Waals surface area (Å²) < 4.78 is 24.3. The fourth-order valence-electron chi connectivity index (χ4n) is 3.51. The molecule has 6 unspecified atom stereocenters. The molecule has 0 aliphatic rings. The second kappa shape index (κ2) is 29.7. The average molecular weight is 770 g/mol. The second-order valence-electron chi connectivity index (χ2n) is 9.76. The lowest BCUT2D eigenvalue weighted by Crippen LogP contribution is -2.44. The Balaban J connectivity index is 3.54. The Hall–Kier alpha value is -0.670. The van der Waals surface area contributed by atoms with Crippen LogP contribution in [0.2, 0.25) is 0 Å². The number of amides is 1. The van der Waals surface area contributed by atoms with Crippen LogP contribution >= 0.6 is 32.1 Å². The molecule has 260 valence electrons. The van der Waals surface area contributed by atoms with Crippen molar-refractivity contribution in [1.82, 2.24) is 24.8 Å². The van der Waals surface area contributed by atoms with E-state index in [0.717, 1.165) is 12.8 Å². The number of carboxylic acid groups (broad SMARTS) is 1. The maximum Gasteiger partial charge on any atom is 0.320 e. The van der Waals surface area contributed by atoms with Gasteiger partial charge in [0.15, 0.2) is 5.52 Å². The normalized spacial score (nSPS) is 15.0. The minimum Gasteiger partial charge on any atom is -0.480 e. The lowest BCUT2D eigenvalue weighted by atomic mass is 10.1. The molecule has 0 heterocycles. The van der Waals surface area contributed by atoms with Crippen LogP contribution in [0.15, 0.2) is 0 Å². The van der Waals surface area contributed by atoms with Gasteiger partial charge in [0, 0.05) is 42.5 Å². The van der Waals surface area contributed by atoms with Gasteiger partial charge in [-0.05, 0) is 38.5 Å². The predicted octanol–water partition coefficient (Wildman–Crippen LogP) is -1.58. The minimum atomic E-state index is -1.09. The third-order valence-corrected chi connectivity index (χ3v) is 7.18. The van der Waals surface area contributed by atoms with E-state index in [1.807, 2.05) is 22.9 Å². The van der Waals surface area contributed by atoms with Gasteiger partial charge in [0.2, 0.25) is 5.91 Å². The molecule has 0 saturated heterocycles. The van der Waals surface area contributed by atoms with Gasteiger partial charge in [0.1, 0.15) is 31.3 Å². The van der Waals surface area contributed by atoms with Gasteiger partial charge >= 0.3 is 5.97 Å². The van der Waals surface area contributed by atoms with Crippen LogP contribution in [0.25, 0.3) is 0 Å². The van der Waals surface area contributed by atoms with E-state index < -0.39 is 30.7 Å². The molecule has 0 spiro atoms. The molecule has 0 aromatic heterocycles. The Labute approximate surface area is 276 Å². The van der Waals surface area contributed by atoms with Crippen molar-refractivity contribution < 1.29 is 53.8 Å². The summed E-state index contributed by atoms with van der Waals surface area (Å²) in [5.74, 6) is -1.29. The highest BCUT2D eigenvalue weighted by molar-refractivity contribution is 14.1. The van der Waals surface area contributed by atoms with Crippen molar-refractivity contribution in [1.29, 1.82) is 0 Å². The van der Waals surface area contributed by atoms with Crippen molar-refractivity contribution in [3.63, 3.8) is 0 Å². The SMILES string of the molecule is CCC(O)NC(CCC(O)NCCOCCOCC(O)NCCOCCOCC(=O)NCCCCC(NI)C(=O)P)C(=O)O. The first-order valence-corrected chi connectivity index (χ1v) is 16.5. The Morgan fingerprint density at radius 1 is 0.750 bits per heavy atom. The first kappa shape index (κ1) is 43.3. The molecule has 6 atom stereocenters. The third kappa shape index (κ3) is 26.5. The molecular formula is C26H53IN5O11P. The molecule has 18 heteroatoms. The van der Waals surface area contributed by atoms with Gasteiger partial charge in [-0.3, -0.25) is 33.9 Å². The van der Waals surface area contributed by atoms with Gasteiger partial charge in [-0.15, -0.1) is 0 Å². The first-order chi connectivity index (χ1) is 21.1. The lowest BCUT2D eigenvalue weighted by molar-refractivity contribution is -0.141. The van der Waals surface area contributed by atoms with Crippen LogP contribution in [0, 0.1) is 0 Å². The van der Waals surface area contributed by atoms with Gasteiger partial charge < -0.3 is 44.7 Å². The third-order valence-electron chi connectivity index (χ3n) is 6.03. The van der Waals surface area contributed by atoms with E-state index in [1.165, 1.54) is 0 Å². The monoisotopic (exact) mass is 769 g/mol. The molecule has 0 radical (unpaired) electrons. The Morgan fingerprint density at radius 3 is 1.95 bits per heavy atom. The highest BCUT2D eigenvalue weighted by Gasteiger charge is 2.20. The smallest absolute Gasteiger partial charge is 0.320 e. The van der Waals surface area contributed by atoms with Crippen LogP contribution in [0.4, 0.5) is 0 Å². The van der Waals surface area contributed by atoms with Gasteiger partial charge in [0.25, 0.3) is 0 Å². The molecule has 1 amide bonds. The number of nitrogens with one attached hydrogen (secondary N) is 5. The van der Waals surface area contributed by atoms with Gasteiger partial charge in [-0.25, -0.2) is 0 Å². The molecule has 0 aromatic rings. The number of rotatable bonds is 32. The summed E-state index contributed by atoms with van der Waals surface area (Å²) in [6, 6.07) is -1.13. The summed E-state index contributed by atoms with van der Waals surface area (Å²) in [5, 5.41) is 49.6.